The minimum absolute atomic E-state index is 0.224. The van der Waals surface area contributed by atoms with Crippen LogP contribution in [0.5, 0.6) is 0 Å². The Morgan fingerprint density at radius 3 is 2.68 bits per heavy atom. The SMILES string of the molecule is C[C@@H]1[C@H](c2ccccc2)O[C@H]([C@@H]2[C@@H]3C=CC[C@H]32)N1C. The predicted octanol–water partition coefficient (Wildman–Crippen LogP) is 3.23. The van der Waals surface area contributed by atoms with Gasteiger partial charge >= 0.3 is 0 Å². The first-order valence-corrected chi connectivity index (χ1v) is 7.36. The molecule has 1 aliphatic heterocycles. The van der Waals surface area contributed by atoms with Gasteiger partial charge in [0.25, 0.3) is 0 Å². The Bertz CT molecular complexity index is 497. The van der Waals surface area contributed by atoms with Crippen molar-refractivity contribution in [3.05, 3.63) is 48.0 Å². The van der Waals surface area contributed by atoms with E-state index >= 15 is 0 Å². The van der Waals surface area contributed by atoms with Crippen LogP contribution in [-0.4, -0.2) is 24.2 Å². The third kappa shape index (κ3) is 1.70. The van der Waals surface area contributed by atoms with E-state index in [1.807, 2.05) is 0 Å². The summed E-state index contributed by atoms with van der Waals surface area (Å²) < 4.78 is 6.42. The largest absolute Gasteiger partial charge is 0.353 e. The Kier molecular flexibility index (Phi) is 2.58. The van der Waals surface area contributed by atoms with Crippen LogP contribution in [0.2, 0.25) is 0 Å². The summed E-state index contributed by atoms with van der Waals surface area (Å²) in [6.45, 7) is 2.28. The van der Waals surface area contributed by atoms with Crippen LogP contribution < -0.4 is 0 Å². The summed E-state index contributed by atoms with van der Waals surface area (Å²) in [5, 5.41) is 0. The Labute approximate surface area is 115 Å². The summed E-state index contributed by atoms with van der Waals surface area (Å²) in [6.07, 6.45) is 6.51. The lowest BCUT2D eigenvalue weighted by molar-refractivity contribution is -0.0134. The molecule has 2 fully saturated rings. The van der Waals surface area contributed by atoms with E-state index in [9.17, 15) is 0 Å². The molecular formula is C17H21NO. The molecule has 4 rings (SSSR count). The molecule has 0 radical (unpaired) electrons. The van der Waals surface area contributed by atoms with E-state index in [2.05, 4.69) is 61.4 Å². The summed E-state index contributed by atoms with van der Waals surface area (Å²) >= 11 is 0. The van der Waals surface area contributed by atoms with E-state index in [-0.39, 0.29) is 6.10 Å². The first-order valence-electron chi connectivity index (χ1n) is 7.36. The molecule has 1 saturated carbocycles. The zero-order valence-electron chi connectivity index (χ0n) is 11.6. The lowest BCUT2D eigenvalue weighted by atomic mass is 10.0. The van der Waals surface area contributed by atoms with E-state index in [0.717, 1.165) is 17.8 Å². The smallest absolute Gasteiger partial charge is 0.115 e. The van der Waals surface area contributed by atoms with E-state index in [4.69, 9.17) is 4.74 Å². The second kappa shape index (κ2) is 4.19. The van der Waals surface area contributed by atoms with Crippen molar-refractivity contribution in [1.82, 2.24) is 4.90 Å². The molecule has 0 unspecified atom stereocenters. The second-order valence-corrected chi connectivity index (χ2v) is 6.25. The maximum Gasteiger partial charge on any atom is 0.115 e. The van der Waals surface area contributed by atoms with E-state index in [1.165, 1.54) is 12.0 Å². The molecule has 0 spiro atoms. The molecule has 0 aromatic heterocycles. The lowest BCUT2D eigenvalue weighted by Crippen LogP contribution is -2.34. The number of likely N-dealkylation sites (N-methyl/N-ethyl adjacent to an activating group) is 1. The zero-order valence-corrected chi connectivity index (χ0v) is 11.6. The van der Waals surface area contributed by atoms with Crippen molar-refractivity contribution in [3.8, 4) is 0 Å². The third-order valence-electron chi connectivity index (χ3n) is 5.28. The number of fused-ring (bicyclic) bond motifs is 1. The van der Waals surface area contributed by atoms with Crippen molar-refractivity contribution in [3.63, 3.8) is 0 Å². The lowest BCUT2D eigenvalue weighted by Gasteiger charge is -2.22. The average Bonchev–Trinajstić information content (AvgIpc) is 2.80. The number of hydrogen-bond acceptors (Lipinski definition) is 2. The second-order valence-electron chi connectivity index (χ2n) is 6.25. The molecule has 0 N–H and O–H groups in total. The molecule has 2 aliphatic carbocycles. The molecule has 100 valence electrons. The predicted molar refractivity (Wildman–Crippen MR) is 75.5 cm³/mol. The van der Waals surface area contributed by atoms with Crippen molar-refractivity contribution in [2.75, 3.05) is 7.05 Å². The standard InChI is InChI=1S/C17H21NO/c1-11-16(12-7-4-3-5-8-12)19-17(18(11)2)15-13-9-6-10-14(13)15/h3-9,11,13-17H,10H2,1-2H3/t11-,13-,14-,15-,16-,17-/m1/s1. The summed E-state index contributed by atoms with van der Waals surface area (Å²) in [7, 11) is 2.22. The van der Waals surface area contributed by atoms with Gasteiger partial charge in [0, 0.05) is 12.0 Å². The van der Waals surface area contributed by atoms with Gasteiger partial charge in [-0.3, -0.25) is 4.90 Å². The molecule has 6 atom stereocenters. The molecule has 1 aromatic carbocycles. The van der Waals surface area contributed by atoms with Crippen molar-refractivity contribution in [1.29, 1.82) is 0 Å². The van der Waals surface area contributed by atoms with Crippen LogP contribution in [0, 0.1) is 17.8 Å². The number of ether oxygens (including phenoxy) is 1. The molecule has 0 amide bonds. The van der Waals surface area contributed by atoms with Gasteiger partial charge in [-0.1, -0.05) is 42.5 Å². The number of nitrogens with zero attached hydrogens (tertiary/aromatic N) is 1. The summed E-state index contributed by atoms with van der Waals surface area (Å²) in [5.74, 6) is 2.37. The van der Waals surface area contributed by atoms with E-state index in [1.54, 1.807) is 0 Å². The molecule has 1 saturated heterocycles. The summed E-state index contributed by atoms with van der Waals surface area (Å²) in [4.78, 5) is 2.44. The fourth-order valence-electron chi connectivity index (χ4n) is 3.98. The highest BCUT2D eigenvalue weighted by Crippen LogP contribution is 2.58. The third-order valence-corrected chi connectivity index (χ3v) is 5.28. The minimum Gasteiger partial charge on any atom is -0.353 e. The highest BCUT2D eigenvalue weighted by Gasteiger charge is 2.58. The molecule has 2 nitrogen and oxygen atoms in total. The van der Waals surface area contributed by atoms with Gasteiger partial charge in [0.15, 0.2) is 0 Å². The molecule has 1 aromatic rings. The van der Waals surface area contributed by atoms with Crippen molar-refractivity contribution in [2.24, 2.45) is 17.8 Å². The van der Waals surface area contributed by atoms with Crippen molar-refractivity contribution < 1.29 is 4.74 Å². The molecule has 2 heteroatoms. The van der Waals surface area contributed by atoms with Crippen LogP contribution in [0.4, 0.5) is 0 Å². The van der Waals surface area contributed by atoms with Gasteiger partial charge in [0.1, 0.15) is 6.23 Å². The van der Waals surface area contributed by atoms with Gasteiger partial charge < -0.3 is 4.74 Å². The van der Waals surface area contributed by atoms with Gasteiger partial charge in [0.2, 0.25) is 0 Å². The van der Waals surface area contributed by atoms with E-state index < -0.39 is 0 Å². The highest BCUT2D eigenvalue weighted by atomic mass is 16.5. The maximum absolute atomic E-state index is 6.42. The number of allylic oxidation sites excluding steroid dienone is 2. The van der Waals surface area contributed by atoms with Crippen LogP contribution in [-0.2, 0) is 4.74 Å². The quantitative estimate of drug-likeness (QED) is 0.752. The Hall–Kier alpha value is -1.12. The highest BCUT2D eigenvalue weighted by molar-refractivity contribution is 5.23. The van der Waals surface area contributed by atoms with Gasteiger partial charge in [-0.2, -0.15) is 0 Å². The molecular weight excluding hydrogens is 234 g/mol. The molecule has 0 bridgehead atoms. The first kappa shape index (κ1) is 11.7. The number of benzene rings is 1. The van der Waals surface area contributed by atoms with Crippen LogP contribution in [0.15, 0.2) is 42.5 Å². The first-order chi connectivity index (χ1) is 9.27. The Morgan fingerprint density at radius 2 is 2.00 bits per heavy atom. The fourth-order valence-corrected chi connectivity index (χ4v) is 3.98. The molecule has 3 aliphatic rings. The van der Waals surface area contributed by atoms with Crippen molar-refractivity contribution in [2.45, 2.75) is 31.7 Å². The number of rotatable bonds is 2. The van der Waals surface area contributed by atoms with Crippen LogP contribution in [0.1, 0.15) is 25.0 Å². The van der Waals surface area contributed by atoms with Gasteiger partial charge in [0.05, 0.1) is 6.10 Å². The van der Waals surface area contributed by atoms with Gasteiger partial charge in [-0.15, -0.1) is 0 Å². The van der Waals surface area contributed by atoms with E-state index in [0.29, 0.717) is 12.3 Å². The minimum atomic E-state index is 0.224. The monoisotopic (exact) mass is 255 g/mol. The topological polar surface area (TPSA) is 12.5 Å². The van der Waals surface area contributed by atoms with Crippen LogP contribution >= 0.6 is 0 Å². The maximum atomic E-state index is 6.42. The molecule has 19 heavy (non-hydrogen) atoms. The molecule has 1 heterocycles. The zero-order chi connectivity index (χ0) is 13.0. The van der Waals surface area contributed by atoms with Gasteiger partial charge in [-0.25, -0.2) is 0 Å². The number of hydrogen-bond donors (Lipinski definition) is 0. The average molecular weight is 255 g/mol. The fraction of sp³-hybridized carbons (Fsp3) is 0.529. The summed E-state index contributed by atoms with van der Waals surface area (Å²) in [6, 6.07) is 11.1. The Balaban J connectivity index is 1.55. The van der Waals surface area contributed by atoms with Crippen LogP contribution in [0.3, 0.4) is 0 Å². The van der Waals surface area contributed by atoms with Crippen LogP contribution in [0.25, 0.3) is 0 Å². The summed E-state index contributed by atoms with van der Waals surface area (Å²) in [5.41, 5.74) is 1.31. The Morgan fingerprint density at radius 1 is 1.21 bits per heavy atom. The van der Waals surface area contributed by atoms with Gasteiger partial charge in [-0.05, 0) is 37.8 Å². The van der Waals surface area contributed by atoms with Crippen molar-refractivity contribution >= 4 is 0 Å². The normalized spacial score (nSPS) is 44.5.